The summed E-state index contributed by atoms with van der Waals surface area (Å²) < 4.78 is 13.3. The van der Waals surface area contributed by atoms with Gasteiger partial charge in [-0.05, 0) is 44.0 Å². The molecule has 0 unspecified atom stereocenters. The van der Waals surface area contributed by atoms with Crippen molar-refractivity contribution < 1.29 is 9.18 Å². The molecule has 8 heteroatoms. The first kappa shape index (κ1) is 20.0. The number of aryl methyl sites for hydroxylation is 1. The summed E-state index contributed by atoms with van der Waals surface area (Å²) in [6, 6.07) is 8.51. The van der Waals surface area contributed by atoms with Crippen molar-refractivity contribution in [2.75, 3.05) is 23.3 Å². The van der Waals surface area contributed by atoms with Crippen LogP contribution >= 0.6 is 0 Å². The Kier molecular flexibility index (Phi) is 5.48. The number of fused-ring (bicyclic) bond motifs is 1. The van der Waals surface area contributed by atoms with E-state index in [0.29, 0.717) is 5.82 Å². The minimum atomic E-state index is -0.256. The summed E-state index contributed by atoms with van der Waals surface area (Å²) in [5, 5.41) is 7.29. The molecular formula is C22H25FN6O. The fourth-order valence-electron chi connectivity index (χ4n) is 3.83. The lowest BCUT2D eigenvalue weighted by atomic mass is 10.1. The van der Waals surface area contributed by atoms with E-state index in [0.717, 1.165) is 47.6 Å². The molecular weight excluding hydrogens is 383 g/mol. The maximum atomic E-state index is 13.3. The zero-order chi connectivity index (χ0) is 21.3. The third-order valence-corrected chi connectivity index (χ3v) is 5.32. The van der Waals surface area contributed by atoms with Gasteiger partial charge in [0, 0.05) is 37.5 Å². The standard InChI is InChI=1S/C22H25FN6O/c1-13(16-4-6-17(23)7-5-16)25-22-19-10-21(24-11-20(19)26-14(2)27-22)29-9-8-18(12-29)28-15(3)30/h4-7,10-11,13,18H,8-9,12H2,1-3H3,(H,28,30)(H,25,26,27)/t13-,18-/m1/s1. The van der Waals surface area contributed by atoms with Crippen molar-refractivity contribution in [3.8, 4) is 0 Å². The highest BCUT2D eigenvalue weighted by Gasteiger charge is 2.24. The fourth-order valence-corrected chi connectivity index (χ4v) is 3.83. The summed E-state index contributed by atoms with van der Waals surface area (Å²) in [6.45, 7) is 6.94. The molecule has 1 amide bonds. The molecule has 2 aromatic heterocycles. The molecule has 0 bridgehead atoms. The van der Waals surface area contributed by atoms with Crippen LogP contribution in [0.1, 0.15) is 37.7 Å². The lowest BCUT2D eigenvalue weighted by Gasteiger charge is -2.20. The smallest absolute Gasteiger partial charge is 0.217 e. The van der Waals surface area contributed by atoms with Gasteiger partial charge in [0.05, 0.1) is 11.7 Å². The van der Waals surface area contributed by atoms with Gasteiger partial charge in [-0.25, -0.2) is 19.3 Å². The van der Waals surface area contributed by atoms with Crippen molar-refractivity contribution in [3.63, 3.8) is 0 Å². The second kappa shape index (κ2) is 8.22. The molecule has 7 nitrogen and oxygen atoms in total. The first-order chi connectivity index (χ1) is 14.4. The Morgan fingerprint density at radius 1 is 1.27 bits per heavy atom. The summed E-state index contributed by atoms with van der Waals surface area (Å²) in [5.74, 6) is 1.93. The average molecular weight is 408 g/mol. The summed E-state index contributed by atoms with van der Waals surface area (Å²) >= 11 is 0. The number of nitrogens with one attached hydrogen (secondary N) is 2. The number of nitrogens with zero attached hydrogens (tertiary/aromatic N) is 4. The van der Waals surface area contributed by atoms with E-state index in [-0.39, 0.29) is 23.8 Å². The van der Waals surface area contributed by atoms with Crippen molar-refractivity contribution >= 4 is 28.4 Å². The Morgan fingerprint density at radius 2 is 2.03 bits per heavy atom. The molecule has 0 spiro atoms. The maximum absolute atomic E-state index is 13.3. The number of hydrogen-bond acceptors (Lipinski definition) is 6. The summed E-state index contributed by atoms with van der Waals surface area (Å²) in [4.78, 5) is 27.2. The first-order valence-electron chi connectivity index (χ1n) is 10.1. The number of carbonyl (C=O) groups is 1. The number of carbonyl (C=O) groups excluding carboxylic acids is 1. The highest BCUT2D eigenvalue weighted by atomic mass is 19.1. The molecule has 3 aromatic rings. The van der Waals surface area contributed by atoms with Crippen LogP contribution in [0.5, 0.6) is 0 Å². The number of amides is 1. The van der Waals surface area contributed by atoms with Crippen molar-refractivity contribution in [1.29, 1.82) is 0 Å². The van der Waals surface area contributed by atoms with Crippen LogP contribution < -0.4 is 15.5 Å². The number of aromatic nitrogens is 3. The predicted octanol–water partition coefficient (Wildman–Crippen LogP) is 3.36. The zero-order valence-electron chi connectivity index (χ0n) is 17.3. The highest BCUT2D eigenvalue weighted by Crippen LogP contribution is 2.28. The van der Waals surface area contributed by atoms with E-state index in [4.69, 9.17) is 0 Å². The Hall–Kier alpha value is -3.29. The molecule has 1 aromatic carbocycles. The molecule has 1 aliphatic rings. The average Bonchev–Trinajstić information content (AvgIpc) is 3.16. The van der Waals surface area contributed by atoms with Crippen molar-refractivity contribution in [3.05, 3.63) is 53.7 Å². The van der Waals surface area contributed by atoms with Crippen LogP contribution in [0.25, 0.3) is 10.9 Å². The Morgan fingerprint density at radius 3 is 2.77 bits per heavy atom. The van der Waals surface area contributed by atoms with Crippen molar-refractivity contribution in [1.82, 2.24) is 20.3 Å². The fraction of sp³-hybridized carbons (Fsp3) is 0.364. The molecule has 1 saturated heterocycles. The third-order valence-electron chi connectivity index (χ3n) is 5.32. The van der Waals surface area contributed by atoms with Crippen LogP contribution in [0.15, 0.2) is 36.5 Å². The number of rotatable bonds is 5. The van der Waals surface area contributed by atoms with Crippen LogP contribution in [0.4, 0.5) is 16.0 Å². The molecule has 30 heavy (non-hydrogen) atoms. The topological polar surface area (TPSA) is 83.0 Å². The van der Waals surface area contributed by atoms with Crippen LogP contribution in [0.3, 0.4) is 0 Å². The molecule has 0 aliphatic carbocycles. The molecule has 3 heterocycles. The highest BCUT2D eigenvalue weighted by molar-refractivity contribution is 5.90. The van der Waals surface area contributed by atoms with Crippen molar-refractivity contribution in [2.45, 2.75) is 39.3 Å². The number of halogens is 1. The monoisotopic (exact) mass is 408 g/mol. The van der Waals surface area contributed by atoms with E-state index >= 15 is 0 Å². The number of benzene rings is 1. The van der Waals surface area contributed by atoms with Gasteiger partial charge in [-0.3, -0.25) is 4.79 Å². The lowest BCUT2D eigenvalue weighted by Crippen LogP contribution is -2.35. The molecule has 0 radical (unpaired) electrons. The summed E-state index contributed by atoms with van der Waals surface area (Å²) in [7, 11) is 0. The SMILES string of the molecule is CC(=O)N[C@@H]1CCN(c2cc3c(N[C@H](C)c4ccc(F)cc4)nc(C)nc3cn2)C1. The lowest BCUT2D eigenvalue weighted by molar-refractivity contribution is -0.119. The molecule has 156 valence electrons. The van der Waals surface area contributed by atoms with Gasteiger partial charge >= 0.3 is 0 Å². The van der Waals surface area contributed by atoms with E-state index < -0.39 is 0 Å². The van der Waals surface area contributed by atoms with Gasteiger partial charge in [-0.2, -0.15) is 0 Å². The molecule has 2 N–H and O–H groups in total. The van der Waals surface area contributed by atoms with E-state index in [1.54, 1.807) is 18.3 Å². The minimum Gasteiger partial charge on any atom is -0.363 e. The third kappa shape index (κ3) is 4.32. The van der Waals surface area contributed by atoms with E-state index in [1.807, 2.05) is 19.9 Å². The first-order valence-corrected chi connectivity index (χ1v) is 10.1. The van der Waals surface area contributed by atoms with Gasteiger partial charge in [-0.15, -0.1) is 0 Å². The molecule has 1 fully saturated rings. The van der Waals surface area contributed by atoms with Gasteiger partial charge in [0.15, 0.2) is 0 Å². The van der Waals surface area contributed by atoms with Crippen LogP contribution in [0.2, 0.25) is 0 Å². The second-order valence-corrected chi connectivity index (χ2v) is 7.73. The van der Waals surface area contributed by atoms with Crippen LogP contribution in [-0.4, -0.2) is 40.0 Å². The zero-order valence-corrected chi connectivity index (χ0v) is 17.3. The maximum Gasteiger partial charge on any atom is 0.217 e. The minimum absolute atomic E-state index is 0.0153. The van der Waals surface area contributed by atoms with Gasteiger partial charge in [0.25, 0.3) is 0 Å². The van der Waals surface area contributed by atoms with E-state index in [9.17, 15) is 9.18 Å². The molecule has 1 aliphatic heterocycles. The van der Waals surface area contributed by atoms with Crippen LogP contribution in [0, 0.1) is 12.7 Å². The predicted molar refractivity (Wildman–Crippen MR) is 115 cm³/mol. The molecule has 4 rings (SSSR count). The quantitative estimate of drug-likeness (QED) is 0.674. The summed E-state index contributed by atoms with van der Waals surface area (Å²) in [5.41, 5.74) is 1.73. The number of hydrogen-bond donors (Lipinski definition) is 2. The summed E-state index contributed by atoms with van der Waals surface area (Å²) in [6.07, 6.45) is 2.65. The Bertz CT molecular complexity index is 1070. The van der Waals surface area contributed by atoms with E-state index in [1.165, 1.54) is 19.1 Å². The van der Waals surface area contributed by atoms with Gasteiger partial charge in [0.2, 0.25) is 5.91 Å². The van der Waals surface area contributed by atoms with Gasteiger partial charge in [-0.1, -0.05) is 12.1 Å². The van der Waals surface area contributed by atoms with E-state index in [2.05, 4.69) is 30.5 Å². The Labute approximate surface area is 174 Å². The van der Waals surface area contributed by atoms with Crippen molar-refractivity contribution in [2.24, 2.45) is 0 Å². The van der Waals surface area contributed by atoms with Crippen LogP contribution in [-0.2, 0) is 4.79 Å². The van der Waals surface area contributed by atoms with Gasteiger partial charge in [0.1, 0.15) is 23.3 Å². The largest absolute Gasteiger partial charge is 0.363 e. The number of pyridine rings is 1. The second-order valence-electron chi connectivity index (χ2n) is 7.73. The molecule has 0 saturated carbocycles. The Balaban J connectivity index is 1.62. The molecule has 2 atom stereocenters. The number of anilines is 2. The van der Waals surface area contributed by atoms with Gasteiger partial charge < -0.3 is 15.5 Å². The normalized spacial score (nSPS) is 17.2.